The first-order valence-electron chi connectivity index (χ1n) is 16.1. The molecule has 0 saturated carbocycles. The van der Waals surface area contributed by atoms with Gasteiger partial charge in [-0.25, -0.2) is 4.79 Å². The van der Waals surface area contributed by atoms with Crippen LogP contribution in [-0.4, -0.2) is 129 Å². The number of aromatic hydroxyl groups is 1. The number of aliphatic hydroxyl groups excluding tert-OH is 1. The van der Waals surface area contributed by atoms with Gasteiger partial charge in [-0.1, -0.05) is 42.5 Å². The molecule has 2 aromatic rings. The van der Waals surface area contributed by atoms with Crippen LogP contribution in [0.15, 0.2) is 54.6 Å². The molecule has 0 radical (unpaired) electrons. The Bertz CT molecular complexity index is 1670. The Morgan fingerprint density at radius 2 is 1.00 bits per heavy atom. The molecule has 13 N–H and O–H groups in total. The lowest BCUT2D eigenvalue weighted by molar-refractivity contribution is -0.143. The van der Waals surface area contributed by atoms with E-state index in [0.717, 1.165) is 0 Å². The van der Waals surface area contributed by atoms with Gasteiger partial charge in [0, 0.05) is 12.8 Å². The highest BCUT2D eigenvalue weighted by Gasteiger charge is 2.32. The summed E-state index contributed by atoms with van der Waals surface area (Å²) in [4.78, 5) is 111. The van der Waals surface area contributed by atoms with Crippen molar-refractivity contribution < 1.29 is 68.7 Å². The first kappa shape index (κ1) is 43.6. The topological polar surface area (TPSA) is 353 Å². The van der Waals surface area contributed by atoms with E-state index in [0.29, 0.717) is 11.1 Å². The van der Waals surface area contributed by atoms with E-state index in [1.165, 1.54) is 24.3 Å². The molecule has 21 heteroatoms. The molecule has 0 aromatic heterocycles. The lowest BCUT2D eigenvalue weighted by atomic mass is 10.0. The van der Waals surface area contributed by atoms with Crippen molar-refractivity contribution in [1.29, 1.82) is 0 Å². The second kappa shape index (κ2) is 21.7. The molecular formula is C33H41N7O14. The zero-order valence-corrected chi connectivity index (χ0v) is 28.5. The fourth-order valence-corrected chi connectivity index (χ4v) is 4.60. The summed E-state index contributed by atoms with van der Waals surface area (Å²) in [5, 5.41) is 59.8. The molecular weight excluding hydrogens is 718 g/mol. The van der Waals surface area contributed by atoms with Gasteiger partial charge >= 0.3 is 17.9 Å². The molecule has 0 aliphatic rings. The van der Waals surface area contributed by atoms with Crippen molar-refractivity contribution in [2.24, 2.45) is 5.73 Å². The molecule has 0 fully saturated rings. The molecule has 0 spiro atoms. The maximum atomic E-state index is 13.5. The van der Waals surface area contributed by atoms with Gasteiger partial charge in [-0.15, -0.1) is 0 Å². The van der Waals surface area contributed by atoms with Crippen LogP contribution in [0.25, 0.3) is 0 Å². The molecule has 54 heavy (non-hydrogen) atoms. The highest BCUT2D eigenvalue weighted by molar-refractivity contribution is 5.97. The number of amides is 6. The van der Waals surface area contributed by atoms with Crippen LogP contribution in [0.2, 0.25) is 0 Å². The van der Waals surface area contributed by atoms with Crippen molar-refractivity contribution in [3.05, 3.63) is 65.7 Å². The zero-order valence-electron chi connectivity index (χ0n) is 28.5. The number of carbonyl (C=O) groups is 9. The number of nitrogens with two attached hydrogens (primary N) is 1. The number of nitrogens with one attached hydrogen (secondary N) is 6. The number of carboxylic acids is 3. The number of phenolic OH excluding ortho intramolecular Hbond substituents is 1. The van der Waals surface area contributed by atoms with Crippen LogP contribution < -0.4 is 37.6 Å². The summed E-state index contributed by atoms with van der Waals surface area (Å²) < 4.78 is 0. The van der Waals surface area contributed by atoms with Crippen LogP contribution in [-0.2, 0) is 56.0 Å². The van der Waals surface area contributed by atoms with Crippen molar-refractivity contribution in [2.75, 3.05) is 19.7 Å². The van der Waals surface area contributed by atoms with Gasteiger partial charge in [-0.3, -0.25) is 38.4 Å². The predicted molar refractivity (Wildman–Crippen MR) is 183 cm³/mol. The second-order valence-corrected chi connectivity index (χ2v) is 11.7. The van der Waals surface area contributed by atoms with E-state index >= 15 is 0 Å². The monoisotopic (exact) mass is 759 g/mol. The number of phenols is 1. The van der Waals surface area contributed by atoms with Gasteiger partial charge in [0.1, 0.15) is 36.0 Å². The van der Waals surface area contributed by atoms with Gasteiger partial charge in [0.2, 0.25) is 35.4 Å². The molecule has 0 aliphatic carbocycles. The van der Waals surface area contributed by atoms with Crippen molar-refractivity contribution in [3.8, 4) is 5.75 Å². The van der Waals surface area contributed by atoms with E-state index in [4.69, 9.17) is 10.8 Å². The molecule has 21 nitrogen and oxygen atoms in total. The van der Waals surface area contributed by atoms with E-state index in [1.807, 2.05) is 0 Å². The van der Waals surface area contributed by atoms with Gasteiger partial charge in [-0.2, -0.15) is 0 Å². The molecule has 6 amide bonds. The number of benzene rings is 2. The van der Waals surface area contributed by atoms with Crippen LogP contribution in [0, 0.1) is 0 Å². The molecule has 5 atom stereocenters. The minimum Gasteiger partial charge on any atom is -0.508 e. The number of aliphatic hydroxyl groups is 1. The minimum atomic E-state index is -1.82. The van der Waals surface area contributed by atoms with Crippen molar-refractivity contribution >= 4 is 53.4 Å². The number of rotatable bonds is 22. The standard InChI is InChI=1S/C33H41N7O14/c34-20(16-41)29(49)35-14-25(43)38-22(12-27(45)46)30(50)36-15-26(44)37-21(10-17-4-2-1-3-5-17)31(51)39-23(13-28(47)48)32(52)40-24(33(53)54)11-18-6-8-19(42)9-7-18/h1-9,20-24,41-42H,10-16,34H2,(H,35,49)(H,36,50)(H,37,44)(H,38,43)(H,39,51)(H,40,52)(H,45,46)(H,47,48)(H,53,54)/t20-,21-,22-,23-,24-/m0/s1. The summed E-state index contributed by atoms with van der Waals surface area (Å²) in [6, 6.07) is 5.55. The summed E-state index contributed by atoms with van der Waals surface area (Å²) in [7, 11) is 0. The molecule has 0 bridgehead atoms. The summed E-state index contributed by atoms with van der Waals surface area (Å²) >= 11 is 0. The fraction of sp³-hybridized carbons (Fsp3) is 0.364. The Balaban J connectivity index is 2.17. The first-order chi connectivity index (χ1) is 25.5. The Hall–Kier alpha value is -6.61. The van der Waals surface area contributed by atoms with Crippen LogP contribution in [0.4, 0.5) is 0 Å². The highest BCUT2D eigenvalue weighted by Crippen LogP contribution is 2.12. The van der Waals surface area contributed by atoms with Gasteiger partial charge in [-0.05, 0) is 23.3 Å². The molecule has 0 unspecified atom stereocenters. The Labute approximate surface area is 306 Å². The average molecular weight is 760 g/mol. The maximum Gasteiger partial charge on any atom is 0.326 e. The van der Waals surface area contributed by atoms with Crippen LogP contribution >= 0.6 is 0 Å². The number of hydrogen-bond donors (Lipinski definition) is 12. The smallest absolute Gasteiger partial charge is 0.326 e. The van der Waals surface area contributed by atoms with Crippen LogP contribution in [0.1, 0.15) is 24.0 Å². The average Bonchev–Trinajstić information content (AvgIpc) is 3.12. The molecule has 0 saturated heterocycles. The molecule has 2 aromatic carbocycles. The quantitative estimate of drug-likeness (QED) is 0.0540. The van der Waals surface area contributed by atoms with Gasteiger partial charge < -0.3 is 63.2 Å². The van der Waals surface area contributed by atoms with Gasteiger partial charge in [0.15, 0.2) is 0 Å². The Morgan fingerprint density at radius 3 is 1.52 bits per heavy atom. The Morgan fingerprint density at radius 1 is 0.556 bits per heavy atom. The maximum absolute atomic E-state index is 13.5. The second-order valence-electron chi connectivity index (χ2n) is 11.7. The molecule has 0 heterocycles. The van der Waals surface area contributed by atoms with E-state index < -0.39 is 116 Å². The highest BCUT2D eigenvalue weighted by atomic mass is 16.4. The molecule has 292 valence electrons. The predicted octanol–water partition coefficient (Wildman–Crippen LogP) is -4.30. The van der Waals surface area contributed by atoms with Crippen LogP contribution in [0.5, 0.6) is 5.75 Å². The minimum absolute atomic E-state index is 0.0879. The third kappa shape index (κ3) is 15.7. The largest absolute Gasteiger partial charge is 0.508 e. The van der Waals surface area contributed by atoms with Gasteiger partial charge in [0.25, 0.3) is 0 Å². The van der Waals surface area contributed by atoms with Crippen molar-refractivity contribution in [3.63, 3.8) is 0 Å². The lowest BCUT2D eigenvalue weighted by Crippen LogP contribution is -2.58. The third-order valence-electron chi connectivity index (χ3n) is 7.35. The summed E-state index contributed by atoms with van der Waals surface area (Å²) in [5.74, 6) is -10.9. The third-order valence-corrected chi connectivity index (χ3v) is 7.35. The zero-order chi connectivity index (χ0) is 40.4. The van der Waals surface area contributed by atoms with E-state index in [9.17, 15) is 63.6 Å². The van der Waals surface area contributed by atoms with Gasteiger partial charge in [0.05, 0.1) is 32.5 Å². The number of hydrogen-bond acceptors (Lipinski definition) is 12. The number of carboxylic acid groups (broad SMARTS) is 3. The SMILES string of the molecule is N[C@@H](CO)C(=O)NCC(=O)N[C@@H](CC(=O)O)C(=O)NCC(=O)N[C@@H](Cc1ccccc1)C(=O)N[C@@H](CC(=O)O)C(=O)N[C@@H](Cc1ccc(O)cc1)C(=O)O. The Kier molecular flexibility index (Phi) is 17.5. The molecule has 0 aliphatic heterocycles. The van der Waals surface area contributed by atoms with E-state index in [1.54, 1.807) is 30.3 Å². The number of carbonyl (C=O) groups excluding carboxylic acids is 6. The molecule has 2 rings (SSSR count). The summed E-state index contributed by atoms with van der Waals surface area (Å²) in [6.45, 7) is -2.31. The van der Waals surface area contributed by atoms with Crippen molar-refractivity contribution in [2.45, 2.75) is 55.9 Å². The van der Waals surface area contributed by atoms with E-state index in [2.05, 4.69) is 31.9 Å². The number of aliphatic carboxylic acids is 3. The van der Waals surface area contributed by atoms with Crippen molar-refractivity contribution in [1.82, 2.24) is 31.9 Å². The summed E-state index contributed by atoms with van der Waals surface area (Å²) in [5.41, 5.74) is 6.23. The lowest BCUT2D eigenvalue weighted by Gasteiger charge is -2.24. The fourth-order valence-electron chi connectivity index (χ4n) is 4.60. The van der Waals surface area contributed by atoms with Crippen LogP contribution in [0.3, 0.4) is 0 Å². The van der Waals surface area contributed by atoms with E-state index in [-0.39, 0.29) is 18.6 Å². The first-order valence-corrected chi connectivity index (χ1v) is 16.1. The normalized spacial score (nSPS) is 13.4. The summed E-state index contributed by atoms with van der Waals surface area (Å²) in [6.07, 6.45) is -2.40.